The first-order valence-corrected chi connectivity index (χ1v) is 6.22. The van der Waals surface area contributed by atoms with Gasteiger partial charge in [-0.15, -0.1) is 0 Å². The SMILES string of the molecule is NCc1ccc(C(N)c2ccc3c(c2)OCO3)cc1. The number of hydrogen-bond donors (Lipinski definition) is 2. The van der Waals surface area contributed by atoms with E-state index in [9.17, 15) is 0 Å². The maximum atomic E-state index is 6.27. The van der Waals surface area contributed by atoms with Crippen LogP contribution in [0.5, 0.6) is 11.5 Å². The zero-order valence-electron chi connectivity index (χ0n) is 10.5. The molecule has 0 aliphatic carbocycles. The summed E-state index contributed by atoms with van der Waals surface area (Å²) in [7, 11) is 0. The quantitative estimate of drug-likeness (QED) is 0.880. The molecule has 19 heavy (non-hydrogen) atoms. The van der Waals surface area contributed by atoms with E-state index < -0.39 is 0 Å². The Morgan fingerprint density at radius 2 is 1.63 bits per heavy atom. The minimum absolute atomic E-state index is 0.179. The van der Waals surface area contributed by atoms with Crippen LogP contribution in [0, 0.1) is 0 Å². The molecule has 0 fully saturated rings. The Morgan fingerprint density at radius 3 is 2.37 bits per heavy atom. The number of fused-ring (bicyclic) bond motifs is 1. The summed E-state index contributed by atoms with van der Waals surface area (Å²) < 4.78 is 10.7. The zero-order valence-corrected chi connectivity index (χ0v) is 10.5. The normalized spacial score (nSPS) is 14.4. The lowest BCUT2D eigenvalue weighted by molar-refractivity contribution is 0.174. The summed E-state index contributed by atoms with van der Waals surface area (Å²) in [5.74, 6) is 1.53. The number of nitrogens with two attached hydrogens (primary N) is 2. The minimum Gasteiger partial charge on any atom is -0.454 e. The summed E-state index contributed by atoms with van der Waals surface area (Å²) in [6, 6.07) is 13.6. The molecule has 0 saturated carbocycles. The highest BCUT2D eigenvalue weighted by atomic mass is 16.7. The summed E-state index contributed by atoms with van der Waals surface area (Å²) >= 11 is 0. The number of rotatable bonds is 3. The van der Waals surface area contributed by atoms with Crippen LogP contribution in [0.2, 0.25) is 0 Å². The van der Waals surface area contributed by atoms with E-state index in [1.165, 1.54) is 0 Å². The molecule has 1 heterocycles. The molecule has 0 spiro atoms. The maximum Gasteiger partial charge on any atom is 0.231 e. The zero-order chi connectivity index (χ0) is 13.2. The van der Waals surface area contributed by atoms with Crippen molar-refractivity contribution in [3.05, 3.63) is 59.2 Å². The van der Waals surface area contributed by atoms with Crippen LogP contribution in [0.1, 0.15) is 22.7 Å². The molecule has 4 nitrogen and oxygen atoms in total. The van der Waals surface area contributed by atoms with E-state index in [2.05, 4.69) is 0 Å². The largest absolute Gasteiger partial charge is 0.454 e. The third-order valence-corrected chi connectivity index (χ3v) is 3.33. The van der Waals surface area contributed by atoms with Crippen molar-refractivity contribution in [3.8, 4) is 11.5 Å². The lowest BCUT2D eigenvalue weighted by atomic mass is 9.98. The third-order valence-electron chi connectivity index (χ3n) is 3.33. The molecule has 1 aliphatic heterocycles. The second-order valence-electron chi connectivity index (χ2n) is 4.54. The molecule has 98 valence electrons. The molecular weight excluding hydrogens is 240 g/mol. The van der Waals surface area contributed by atoms with E-state index in [4.69, 9.17) is 20.9 Å². The average Bonchev–Trinajstić information content (AvgIpc) is 2.94. The van der Waals surface area contributed by atoms with Gasteiger partial charge >= 0.3 is 0 Å². The average molecular weight is 256 g/mol. The standard InChI is InChI=1S/C15H16N2O2/c16-8-10-1-3-11(4-2-10)15(17)12-5-6-13-14(7-12)19-9-18-13/h1-7,15H,8-9,16-17H2. The van der Waals surface area contributed by atoms with E-state index in [1.54, 1.807) is 0 Å². The van der Waals surface area contributed by atoms with Gasteiger partial charge in [0.15, 0.2) is 11.5 Å². The molecule has 3 rings (SSSR count). The van der Waals surface area contributed by atoms with E-state index in [1.807, 2.05) is 42.5 Å². The summed E-state index contributed by atoms with van der Waals surface area (Å²) in [4.78, 5) is 0. The Bertz CT molecular complexity index is 581. The summed E-state index contributed by atoms with van der Waals surface area (Å²) in [6.07, 6.45) is 0. The number of ether oxygens (including phenoxy) is 2. The molecule has 2 aromatic carbocycles. The molecule has 4 N–H and O–H groups in total. The van der Waals surface area contributed by atoms with Gasteiger partial charge in [-0.25, -0.2) is 0 Å². The predicted molar refractivity (Wildman–Crippen MR) is 72.9 cm³/mol. The Kier molecular flexibility index (Phi) is 3.11. The molecule has 0 radical (unpaired) electrons. The second kappa shape index (κ2) is 4.91. The molecule has 1 atom stereocenters. The Balaban J connectivity index is 1.88. The molecule has 4 heteroatoms. The molecule has 0 saturated heterocycles. The highest BCUT2D eigenvalue weighted by Gasteiger charge is 2.16. The van der Waals surface area contributed by atoms with E-state index in [0.29, 0.717) is 6.54 Å². The number of benzene rings is 2. The van der Waals surface area contributed by atoms with Gasteiger partial charge in [-0.2, -0.15) is 0 Å². The van der Waals surface area contributed by atoms with E-state index in [-0.39, 0.29) is 12.8 Å². The van der Waals surface area contributed by atoms with E-state index >= 15 is 0 Å². The van der Waals surface area contributed by atoms with Crippen molar-refractivity contribution < 1.29 is 9.47 Å². The van der Waals surface area contributed by atoms with Crippen LogP contribution in [0.25, 0.3) is 0 Å². The van der Waals surface area contributed by atoms with Crippen molar-refractivity contribution in [3.63, 3.8) is 0 Å². The fraction of sp³-hybridized carbons (Fsp3) is 0.200. The van der Waals surface area contributed by atoms with Crippen molar-refractivity contribution >= 4 is 0 Å². The van der Waals surface area contributed by atoms with Crippen molar-refractivity contribution in [1.29, 1.82) is 0 Å². The number of hydrogen-bond acceptors (Lipinski definition) is 4. The smallest absolute Gasteiger partial charge is 0.231 e. The molecule has 0 bridgehead atoms. The van der Waals surface area contributed by atoms with Crippen LogP contribution in [0.4, 0.5) is 0 Å². The van der Waals surface area contributed by atoms with Crippen molar-refractivity contribution in [1.82, 2.24) is 0 Å². The molecule has 0 aromatic heterocycles. The van der Waals surface area contributed by atoms with Crippen molar-refractivity contribution in [2.45, 2.75) is 12.6 Å². The molecule has 1 aliphatic rings. The van der Waals surface area contributed by atoms with Gasteiger partial charge in [0, 0.05) is 6.54 Å². The van der Waals surface area contributed by atoms with Gasteiger partial charge in [0.25, 0.3) is 0 Å². The van der Waals surface area contributed by atoms with E-state index in [0.717, 1.165) is 28.2 Å². The van der Waals surface area contributed by atoms with Gasteiger partial charge in [0.2, 0.25) is 6.79 Å². The second-order valence-corrected chi connectivity index (χ2v) is 4.54. The first-order chi connectivity index (χ1) is 9.28. The van der Waals surface area contributed by atoms with Crippen LogP contribution < -0.4 is 20.9 Å². The summed E-state index contributed by atoms with van der Waals surface area (Å²) in [5, 5.41) is 0. The first-order valence-electron chi connectivity index (χ1n) is 6.22. The fourth-order valence-corrected chi connectivity index (χ4v) is 2.16. The Labute approximate surface area is 111 Å². The van der Waals surface area contributed by atoms with Gasteiger partial charge in [0.1, 0.15) is 0 Å². The monoisotopic (exact) mass is 256 g/mol. The van der Waals surface area contributed by atoms with Gasteiger partial charge in [-0.05, 0) is 28.8 Å². The predicted octanol–water partition coefficient (Wildman–Crippen LogP) is 1.92. The summed E-state index contributed by atoms with van der Waals surface area (Å²) in [6.45, 7) is 0.818. The minimum atomic E-state index is -0.179. The van der Waals surface area contributed by atoms with Gasteiger partial charge in [-0.3, -0.25) is 0 Å². The molecule has 0 amide bonds. The lowest BCUT2D eigenvalue weighted by Crippen LogP contribution is -2.12. The van der Waals surface area contributed by atoms with Crippen LogP contribution in [-0.2, 0) is 6.54 Å². The Morgan fingerprint density at radius 1 is 0.947 bits per heavy atom. The topological polar surface area (TPSA) is 70.5 Å². The fourth-order valence-electron chi connectivity index (χ4n) is 2.16. The van der Waals surface area contributed by atoms with Crippen LogP contribution in [0.3, 0.4) is 0 Å². The van der Waals surface area contributed by atoms with Gasteiger partial charge in [-0.1, -0.05) is 30.3 Å². The third kappa shape index (κ3) is 2.28. The molecular formula is C15H16N2O2. The van der Waals surface area contributed by atoms with Crippen molar-refractivity contribution in [2.24, 2.45) is 11.5 Å². The van der Waals surface area contributed by atoms with Crippen molar-refractivity contribution in [2.75, 3.05) is 6.79 Å². The van der Waals surface area contributed by atoms with Crippen LogP contribution in [-0.4, -0.2) is 6.79 Å². The maximum absolute atomic E-state index is 6.27. The highest BCUT2D eigenvalue weighted by molar-refractivity contribution is 5.47. The molecule has 1 unspecified atom stereocenters. The van der Waals surface area contributed by atoms with Crippen LogP contribution >= 0.6 is 0 Å². The highest BCUT2D eigenvalue weighted by Crippen LogP contribution is 2.34. The molecule has 2 aromatic rings. The van der Waals surface area contributed by atoms with Gasteiger partial charge in [0.05, 0.1) is 6.04 Å². The first kappa shape index (κ1) is 12.0. The lowest BCUT2D eigenvalue weighted by Gasteiger charge is -2.13. The Hall–Kier alpha value is -2.04. The summed E-state index contributed by atoms with van der Waals surface area (Å²) in [5.41, 5.74) is 15.0. The van der Waals surface area contributed by atoms with Crippen LogP contribution in [0.15, 0.2) is 42.5 Å². The van der Waals surface area contributed by atoms with Gasteiger partial charge < -0.3 is 20.9 Å².